The van der Waals surface area contributed by atoms with Gasteiger partial charge >= 0.3 is 0 Å². The maximum Gasteiger partial charge on any atom is 0.204 e. The average molecular weight is 270 g/mol. The molecule has 0 bridgehead atoms. The van der Waals surface area contributed by atoms with E-state index in [2.05, 4.69) is 22.6 Å². The molecule has 0 radical (unpaired) electrons. The summed E-state index contributed by atoms with van der Waals surface area (Å²) in [5.74, 6) is 0. The first kappa shape index (κ1) is 10.3. The molecule has 0 aliphatic carbocycles. The van der Waals surface area contributed by atoms with Gasteiger partial charge in [-0.2, -0.15) is 0 Å². The minimum Gasteiger partial charge on any atom is -0.305 e. The second kappa shape index (κ2) is 4.22. The minimum atomic E-state index is -1.74. The molecule has 2 nitrogen and oxygen atoms in total. The molecule has 0 aliphatic heterocycles. The van der Waals surface area contributed by atoms with Gasteiger partial charge in [0.15, 0.2) is 0 Å². The van der Waals surface area contributed by atoms with Crippen molar-refractivity contribution in [3.05, 3.63) is 0 Å². The predicted octanol–water partition coefficient (Wildman–Crippen LogP) is 0.833. The van der Waals surface area contributed by atoms with Crippen LogP contribution < -0.4 is 0 Å². The van der Waals surface area contributed by atoms with Gasteiger partial charge in [-0.3, -0.25) is 0 Å². The normalized spacial score (nSPS) is 13.3. The molecule has 58 valence electrons. The van der Waals surface area contributed by atoms with Crippen molar-refractivity contribution >= 4 is 42.2 Å². The lowest BCUT2D eigenvalue weighted by Crippen LogP contribution is -2.39. The van der Waals surface area contributed by atoms with Crippen LogP contribution in [0, 0.1) is 0 Å². The van der Waals surface area contributed by atoms with E-state index in [4.69, 9.17) is 0 Å². The van der Waals surface area contributed by atoms with Crippen molar-refractivity contribution in [3.8, 4) is 0 Å². The highest BCUT2D eigenvalue weighted by molar-refractivity contribution is 14.1. The number of carbonyl (C=O) groups is 2. The first-order valence-corrected chi connectivity index (χ1v) is 6.18. The van der Waals surface area contributed by atoms with Crippen LogP contribution in [0.5, 0.6) is 0 Å². The van der Waals surface area contributed by atoms with Crippen LogP contribution in [-0.4, -0.2) is 23.2 Å². The van der Waals surface area contributed by atoms with E-state index in [0.29, 0.717) is 0 Å². The third-order valence-electron chi connectivity index (χ3n) is 1.34. The van der Waals surface area contributed by atoms with Crippen molar-refractivity contribution in [2.24, 2.45) is 0 Å². The van der Waals surface area contributed by atoms with E-state index in [1.165, 1.54) is 13.8 Å². The molecule has 0 aromatic heterocycles. The van der Waals surface area contributed by atoms with Gasteiger partial charge in [-0.25, -0.2) is 0 Å². The molecule has 4 heteroatoms. The highest BCUT2D eigenvalue weighted by Gasteiger charge is 2.26. The van der Waals surface area contributed by atoms with Gasteiger partial charge in [0.25, 0.3) is 0 Å². The summed E-state index contributed by atoms with van der Waals surface area (Å²) >= 11 is 2.16. The van der Waals surface area contributed by atoms with E-state index < -0.39 is 8.80 Å². The second-order valence-corrected chi connectivity index (χ2v) is 9.28. The third-order valence-corrected chi connectivity index (χ3v) is 6.16. The molecule has 0 amide bonds. The largest absolute Gasteiger partial charge is 0.305 e. The van der Waals surface area contributed by atoms with Gasteiger partial charge < -0.3 is 9.59 Å². The number of carbonyl (C=O) groups excluding carboxylic acids is 2. The predicted molar refractivity (Wildman–Crippen MR) is 52.0 cm³/mol. The molecule has 0 heterocycles. The minimum absolute atomic E-state index is 0.106. The number of alkyl halides is 1. The second-order valence-electron chi connectivity index (χ2n) is 2.38. The fraction of sp³-hybridized carbons (Fsp3) is 0.667. The molecule has 1 unspecified atom stereocenters. The Morgan fingerprint density at radius 1 is 1.30 bits per heavy atom. The molecule has 10 heavy (non-hydrogen) atoms. The smallest absolute Gasteiger partial charge is 0.204 e. The highest BCUT2D eigenvalue weighted by atomic mass is 127. The molecule has 0 aromatic carbocycles. The molecule has 0 spiro atoms. The third kappa shape index (κ3) is 2.91. The Bertz CT molecular complexity index is 142. The van der Waals surface area contributed by atoms with Gasteiger partial charge in [0.1, 0.15) is 10.8 Å². The maximum atomic E-state index is 10.9. The van der Waals surface area contributed by atoms with Crippen molar-refractivity contribution in [3.63, 3.8) is 0 Å². The van der Waals surface area contributed by atoms with Gasteiger partial charge in [-0.1, -0.05) is 29.5 Å². The van der Waals surface area contributed by atoms with Crippen LogP contribution >= 0.6 is 22.6 Å². The van der Waals surface area contributed by atoms with E-state index in [9.17, 15) is 9.59 Å². The van der Waals surface area contributed by atoms with Crippen LogP contribution in [0.4, 0.5) is 0 Å². The van der Waals surface area contributed by atoms with E-state index in [0.717, 1.165) is 0 Å². The fourth-order valence-corrected chi connectivity index (χ4v) is 5.84. The van der Waals surface area contributed by atoms with Crippen LogP contribution in [0.1, 0.15) is 20.8 Å². The Hall–Kier alpha value is 0.287. The van der Waals surface area contributed by atoms with Crippen molar-refractivity contribution < 1.29 is 9.59 Å². The van der Waals surface area contributed by atoms with Crippen molar-refractivity contribution in [2.45, 2.75) is 24.3 Å². The number of hydrogen-bond acceptors (Lipinski definition) is 2. The van der Waals surface area contributed by atoms with E-state index >= 15 is 0 Å². The molecular formula is C6H11IO2Si. The molecule has 0 rings (SSSR count). The lowest BCUT2D eigenvalue weighted by Gasteiger charge is -2.09. The van der Waals surface area contributed by atoms with Crippen LogP contribution in [0.15, 0.2) is 0 Å². The fourth-order valence-electron chi connectivity index (χ4n) is 0.933. The molecular weight excluding hydrogens is 259 g/mol. The molecule has 0 aromatic rings. The van der Waals surface area contributed by atoms with E-state index in [1.807, 2.05) is 6.92 Å². The monoisotopic (exact) mass is 270 g/mol. The lowest BCUT2D eigenvalue weighted by molar-refractivity contribution is -0.113. The quantitative estimate of drug-likeness (QED) is 0.432. The molecule has 0 saturated carbocycles. The van der Waals surface area contributed by atoms with Gasteiger partial charge in [-0.15, -0.1) is 0 Å². The highest BCUT2D eigenvalue weighted by Crippen LogP contribution is 2.05. The zero-order valence-electron chi connectivity index (χ0n) is 6.35. The van der Waals surface area contributed by atoms with Gasteiger partial charge in [0.05, 0.1) is 0 Å². The standard InChI is InChI=1S/C6H11IO2Si/c1-4(7)10(5(2)8)6(3)9/h4,10H,1-3H3. The van der Waals surface area contributed by atoms with Gasteiger partial charge in [0, 0.05) is 3.55 Å². The summed E-state index contributed by atoms with van der Waals surface area (Å²) in [6.07, 6.45) is 0. The Balaban J connectivity index is 4.27. The number of halogens is 1. The van der Waals surface area contributed by atoms with Crippen LogP contribution in [0.3, 0.4) is 0 Å². The Kier molecular flexibility index (Phi) is 4.35. The van der Waals surface area contributed by atoms with E-state index in [1.54, 1.807) is 0 Å². The molecule has 0 fully saturated rings. The maximum absolute atomic E-state index is 10.9. The number of rotatable bonds is 3. The lowest BCUT2D eigenvalue weighted by atomic mass is 10.9. The van der Waals surface area contributed by atoms with Crippen LogP contribution in [0.2, 0.25) is 0 Å². The van der Waals surface area contributed by atoms with Crippen molar-refractivity contribution in [2.75, 3.05) is 0 Å². The Labute approximate surface area is 76.1 Å². The van der Waals surface area contributed by atoms with Gasteiger partial charge in [-0.05, 0) is 13.8 Å². The topological polar surface area (TPSA) is 34.1 Å². The molecule has 0 N–H and O–H groups in total. The molecule has 1 atom stereocenters. The van der Waals surface area contributed by atoms with Crippen molar-refractivity contribution in [1.82, 2.24) is 0 Å². The summed E-state index contributed by atoms with van der Waals surface area (Å²) in [6.45, 7) is 4.97. The zero-order valence-corrected chi connectivity index (χ0v) is 9.66. The first-order chi connectivity index (χ1) is 4.46. The summed E-state index contributed by atoms with van der Waals surface area (Å²) in [7, 11) is -1.74. The summed E-state index contributed by atoms with van der Waals surface area (Å²) < 4.78 is 0.243. The SMILES string of the molecule is CC(=O)[SiH](C(C)=O)C(C)I. The van der Waals surface area contributed by atoms with Crippen molar-refractivity contribution in [1.29, 1.82) is 0 Å². The summed E-state index contributed by atoms with van der Waals surface area (Å²) in [5, 5.41) is 0.212. The average Bonchev–Trinajstić information content (AvgIpc) is 1.59. The summed E-state index contributed by atoms with van der Waals surface area (Å²) in [4.78, 5) is 21.7. The molecule has 0 saturated heterocycles. The Morgan fingerprint density at radius 2 is 1.60 bits per heavy atom. The molecule has 0 aliphatic rings. The number of hydrogen-bond donors (Lipinski definition) is 0. The Morgan fingerprint density at radius 3 is 1.60 bits per heavy atom. The summed E-state index contributed by atoms with van der Waals surface area (Å²) in [5.41, 5.74) is 0. The zero-order chi connectivity index (χ0) is 8.31. The summed E-state index contributed by atoms with van der Waals surface area (Å²) in [6, 6.07) is 0. The van der Waals surface area contributed by atoms with E-state index in [-0.39, 0.29) is 14.4 Å². The van der Waals surface area contributed by atoms with Crippen LogP contribution in [-0.2, 0) is 9.59 Å². The first-order valence-electron chi connectivity index (χ1n) is 3.11. The van der Waals surface area contributed by atoms with Gasteiger partial charge in [0.2, 0.25) is 8.80 Å². The van der Waals surface area contributed by atoms with Crippen LogP contribution in [0.25, 0.3) is 0 Å².